The van der Waals surface area contributed by atoms with Gasteiger partial charge in [0.2, 0.25) is 10.0 Å². The van der Waals surface area contributed by atoms with Crippen LogP contribution in [0.2, 0.25) is 0 Å². The Morgan fingerprint density at radius 2 is 1.73 bits per heavy atom. The summed E-state index contributed by atoms with van der Waals surface area (Å²) in [5, 5.41) is 0. The fraction of sp³-hybridized carbons (Fsp3) is 0.562. The second kappa shape index (κ2) is 8.29. The monoisotopic (exact) mass is 327 g/mol. The number of ether oxygens (including phenoxy) is 1. The van der Waals surface area contributed by atoms with Crippen LogP contribution in [-0.4, -0.2) is 27.2 Å². The van der Waals surface area contributed by atoms with Crippen LogP contribution < -0.4 is 4.72 Å². The van der Waals surface area contributed by atoms with E-state index in [-0.39, 0.29) is 18.1 Å². The van der Waals surface area contributed by atoms with Crippen LogP contribution >= 0.6 is 0 Å². The molecule has 1 aromatic carbocycles. The van der Waals surface area contributed by atoms with Crippen molar-refractivity contribution in [1.82, 2.24) is 4.72 Å². The molecule has 0 saturated carbocycles. The summed E-state index contributed by atoms with van der Waals surface area (Å²) in [7, 11) is -2.00. The number of unbranched alkanes of at least 4 members (excludes halogenated alkanes) is 1. The van der Waals surface area contributed by atoms with Gasteiger partial charge in [0.1, 0.15) is 0 Å². The lowest BCUT2D eigenvalue weighted by Crippen LogP contribution is -2.26. The number of hydrogen-bond acceptors (Lipinski definition) is 4. The highest BCUT2D eigenvalue weighted by Crippen LogP contribution is 2.16. The number of aryl methyl sites for hydroxylation is 3. The summed E-state index contributed by atoms with van der Waals surface area (Å²) < 4.78 is 31.1. The molecule has 0 bridgehead atoms. The van der Waals surface area contributed by atoms with Crippen molar-refractivity contribution in [2.75, 3.05) is 12.9 Å². The quantitative estimate of drug-likeness (QED) is 0.588. The molecule has 0 spiro atoms. The smallest absolute Gasteiger partial charge is 0.305 e. The largest absolute Gasteiger partial charge is 0.469 e. The van der Waals surface area contributed by atoms with Crippen LogP contribution in [0.4, 0.5) is 0 Å². The fourth-order valence-electron chi connectivity index (χ4n) is 2.41. The third kappa shape index (κ3) is 6.15. The van der Waals surface area contributed by atoms with Crippen molar-refractivity contribution < 1.29 is 17.9 Å². The van der Waals surface area contributed by atoms with Crippen LogP contribution in [0.25, 0.3) is 0 Å². The molecule has 0 heterocycles. The van der Waals surface area contributed by atoms with E-state index < -0.39 is 10.0 Å². The Morgan fingerprint density at radius 1 is 1.14 bits per heavy atom. The molecule has 22 heavy (non-hydrogen) atoms. The van der Waals surface area contributed by atoms with Gasteiger partial charge in [0.05, 0.1) is 12.9 Å². The number of esters is 1. The molecule has 0 unspecified atom stereocenters. The number of sulfonamides is 1. The Hall–Kier alpha value is -1.40. The Balaban J connectivity index is 2.51. The minimum absolute atomic E-state index is 0.0218. The van der Waals surface area contributed by atoms with E-state index in [9.17, 15) is 13.2 Å². The highest BCUT2D eigenvalue weighted by Gasteiger charge is 2.12. The SMILES string of the molecule is COC(=O)CCCCS(=O)(=O)NCc1c(C)cc(C)cc1C. The van der Waals surface area contributed by atoms with Gasteiger partial charge in [-0.05, 0) is 50.3 Å². The van der Waals surface area contributed by atoms with Crippen LogP contribution in [-0.2, 0) is 26.1 Å². The summed E-state index contributed by atoms with van der Waals surface area (Å²) in [5.41, 5.74) is 4.37. The number of rotatable bonds is 8. The maximum atomic E-state index is 12.0. The summed E-state index contributed by atoms with van der Waals surface area (Å²) in [6.45, 7) is 6.30. The first kappa shape index (κ1) is 18.6. The van der Waals surface area contributed by atoms with Gasteiger partial charge in [-0.2, -0.15) is 0 Å². The first-order valence-corrected chi connectivity index (χ1v) is 9.01. The summed E-state index contributed by atoms with van der Waals surface area (Å²) in [6, 6.07) is 4.10. The fourth-order valence-corrected chi connectivity index (χ4v) is 3.50. The lowest BCUT2D eigenvalue weighted by Gasteiger charge is -2.12. The zero-order chi connectivity index (χ0) is 16.8. The van der Waals surface area contributed by atoms with Crippen molar-refractivity contribution >= 4 is 16.0 Å². The molecule has 5 nitrogen and oxygen atoms in total. The van der Waals surface area contributed by atoms with Gasteiger partial charge in [-0.1, -0.05) is 17.7 Å². The number of benzene rings is 1. The third-order valence-corrected chi connectivity index (χ3v) is 4.99. The second-order valence-corrected chi connectivity index (χ2v) is 7.48. The van der Waals surface area contributed by atoms with Crippen molar-refractivity contribution in [3.8, 4) is 0 Å². The van der Waals surface area contributed by atoms with Gasteiger partial charge in [0.25, 0.3) is 0 Å². The molecule has 0 fully saturated rings. The average molecular weight is 327 g/mol. The minimum Gasteiger partial charge on any atom is -0.469 e. The van der Waals surface area contributed by atoms with Crippen molar-refractivity contribution in [3.63, 3.8) is 0 Å². The number of nitrogens with one attached hydrogen (secondary N) is 1. The van der Waals surface area contributed by atoms with Gasteiger partial charge in [-0.3, -0.25) is 4.79 Å². The van der Waals surface area contributed by atoms with Crippen LogP contribution in [0.5, 0.6) is 0 Å². The van der Waals surface area contributed by atoms with E-state index in [1.54, 1.807) is 0 Å². The molecule has 1 N–H and O–H groups in total. The minimum atomic E-state index is -3.33. The van der Waals surface area contributed by atoms with E-state index in [1.165, 1.54) is 12.7 Å². The molecule has 0 amide bonds. The number of carbonyl (C=O) groups is 1. The first-order chi connectivity index (χ1) is 10.2. The van der Waals surface area contributed by atoms with Crippen molar-refractivity contribution in [2.24, 2.45) is 0 Å². The maximum Gasteiger partial charge on any atom is 0.305 e. The molecule has 0 radical (unpaired) electrons. The molecule has 124 valence electrons. The van der Waals surface area contributed by atoms with Crippen molar-refractivity contribution in [2.45, 2.75) is 46.6 Å². The molecular formula is C16H25NO4S. The van der Waals surface area contributed by atoms with E-state index in [2.05, 4.69) is 9.46 Å². The predicted molar refractivity (Wildman–Crippen MR) is 87.1 cm³/mol. The lowest BCUT2D eigenvalue weighted by molar-refractivity contribution is -0.140. The Bertz CT molecular complexity index is 600. The molecule has 1 aromatic rings. The summed E-state index contributed by atoms with van der Waals surface area (Å²) in [6.07, 6.45) is 1.20. The summed E-state index contributed by atoms with van der Waals surface area (Å²) >= 11 is 0. The topological polar surface area (TPSA) is 72.5 Å². The Kier molecular flexibility index (Phi) is 7.03. The molecule has 0 aliphatic rings. The second-order valence-electron chi connectivity index (χ2n) is 5.55. The molecule has 0 aliphatic heterocycles. The van der Waals surface area contributed by atoms with Gasteiger partial charge in [-0.25, -0.2) is 13.1 Å². The molecular weight excluding hydrogens is 302 g/mol. The molecule has 1 rings (SSSR count). The van der Waals surface area contributed by atoms with Gasteiger partial charge < -0.3 is 4.74 Å². The van der Waals surface area contributed by atoms with Crippen LogP contribution in [0.15, 0.2) is 12.1 Å². The molecule has 6 heteroatoms. The summed E-state index contributed by atoms with van der Waals surface area (Å²) in [5.74, 6) is -0.287. The first-order valence-electron chi connectivity index (χ1n) is 7.36. The highest BCUT2D eigenvalue weighted by atomic mass is 32.2. The van der Waals surface area contributed by atoms with E-state index >= 15 is 0 Å². The van der Waals surface area contributed by atoms with E-state index in [1.807, 2.05) is 32.9 Å². The van der Waals surface area contributed by atoms with E-state index in [0.717, 1.165) is 16.7 Å². The molecule has 0 aliphatic carbocycles. The third-order valence-electron chi connectivity index (χ3n) is 3.58. The predicted octanol–water partition coefficient (Wildman–Crippen LogP) is 2.37. The van der Waals surface area contributed by atoms with Gasteiger partial charge in [0, 0.05) is 13.0 Å². The van der Waals surface area contributed by atoms with Gasteiger partial charge in [-0.15, -0.1) is 0 Å². The van der Waals surface area contributed by atoms with Gasteiger partial charge in [0.15, 0.2) is 0 Å². The Labute approximate surface area is 133 Å². The maximum absolute atomic E-state index is 12.0. The van der Waals surface area contributed by atoms with Crippen LogP contribution in [0, 0.1) is 20.8 Å². The number of carbonyl (C=O) groups excluding carboxylic acids is 1. The molecule has 0 atom stereocenters. The summed E-state index contributed by atoms with van der Waals surface area (Å²) in [4.78, 5) is 11.0. The average Bonchev–Trinajstić information content (AvgIpc) is 2.42. The lowest BCUT2D eigenvalue weighted by atomic mass is 10.0. The Morgan fingerprint density at radius 3 is 2.27 bits per heavy atom. The van der Waals surface area contributed by atoms with E-state index in [0.29, 0.717) is 19.4 Å². The normalized spacial score (nSPS) is 11.5. The zero-order valence-electron chi connectivity index (χ0n) is 13.7. The van der Waals surface area contributed by atoms with E-state index in [4.69, 9.17) is 0 Å². The zero-order valence-corrected chi connectivity index (χ0v) is 14.5. The highest BCUT2D eigenvalue weighted by molar-refractivity contribution is 7.89. The number of hydrogen-bond donors (Lipinski definition) is 1. The van der Waals surface area contributed by atoms with Crippen LogP contribution in [0.1, 0.15) is 41.5 Å². The molecule has 0 aromatic heterocycles. The van der Waals surface area contributed by atoms with Crippen molar-refractivity contribution in [1.29, 1.82) is 0 Å². The van der Waals surface area contributed by atoms with Gasteiger partial charge >= 0.3 is 5.97 Å². The van der Waals surface area contributed by atoms with Crippen LogP contribution in [0.3, 0.4) is 0 Å². The number of methoxy groups -OCH3 is 1. The standard InChI is InChI=1S/C16H25NO4S/c1-12-9-13(2)15(14(3)10-12)11-17-22(19,20)8-6-5-7-16(18)21-4/h9-10,17H,5-8,11H2,1-4H3. The van der Waals surface area contributed by atoms with Crippen molar-refractivity contribution in [3.05, 3.63) is 34.4 Å². The molecule has 0 saturated heterocycles.